The van der Waals surface area contributed by atoms with E-state index in [1.54, 1.807) is 43.6 Å². The number of Topliss-reactive ketones (excluding diaryl/α,β-unsaturated/α-hetero) is 1. The summed E-state index contributed by atoms with van der Waals surface area (Å²) >= 11 is 0. The summed E-state index contributed by atoms with van der Waals surface area (Å²) in [6.45, 7) is 1.85. The summed E-state index contributed by atoms with van der Waals surface area (Å²) in [5, 5.41) is 22.1. The zero-order valence-corrected chi connectivity index (χ0v) is 16.5. The molecule has 158 valence electrons. The number of benzene rings is 1. The van der Waals surface area contributed by atoms with E-state index in [-0.39, 0.29) is 24.9 Å². The average Bonchev–Trinajstić information content (AvgIpc) is 3.29. The molecule has 0 spiro atoms. The number of aliphatic hydroxyl groups is 1. The van der Waals surface area contributed by atoms with Gasteiger partial charge in [0.15, 0.2) is 11.3 Å². The minimum atomic E-state index is -1.39. The average molecular weight is 421 g/mol. The third-order valence-corrected chi connectivity index (χ3v) is 4.68. The van der Waals surface area contributed by atoms with Gasteiger partial charge in [0, 0.05) is 29.0 Å². The van der Waals surface area contributed by atoms with Crippen LogP contribution in [0.1, 0.15) is 11.1 Å². The van der Waals surface area contributed by atoms with Gasteiger partial charge in [0.1, 0.15) is 18.0 Å². The van der Waals surface area contributed by atoms with Crippen molar-refractivity contribution in [2.75, 3.05) is 18.5 Å². The van der Waals surface area contributed by atoms with Gasteiger partial charge in [-0.2, -0.15) is 0 Å². The zero-order chi connectivity index (χ0) is 22.0. The van der Waals surface area contributed by atoms with Crippen LogP contribution in [0.4, 0.5) is 5.69 Å². The van der Waals surface area contributed by atoms with Crippen LogP contribution in [0.5, 0.6) is 5.75 Å². The van der Waals surface area contributed by atoms with Crippen LogP contribution in [0.15, 0.2) is 59.9 Å². The number of carboxylic acids is 1. The number of nitrogens with zero attached hydrogens (tertiary/aromatic N) is 1. The van der Waals surface area contributed by atoms with Crippen LogP contribution in [0, 0.1) is 6.92 Å². The van der Waals surface area contributed by atoms with Crippen LogP contribution < -0.4 is 10.1 Å². The van der Waals surface area contributed by atoms with Crippen LogP contribution in [0.25, 0.3) is 17.1 Å². The number of hydrogen-bond acceptors (Lipinski definition) is 7. The second kappa shape index (κ2) is 8.33. The summed E-state index contributed by atoms with van der Waals surface area (Å²) in [7, 11) is 0. The number of anilines is 1. The summed E-state index contributed by atoms with van der Waals surface area (Å²) < 4.78 is 11.0. The number of aromatic nitrogens is 2. The number of pyridine rings is 1. The van der Waals surface area contributed by atoms with E-state index >= 15 is 0 Å². The van der Waals surface area contributed by atoms with Crippen molar-refractivity contribution >= 4 is 34.5 Å². The molecule has 9 heteroatoms. The number of nitrogens with one attached hydrogen (secondary N) is 2. The predicted octanol–water partition coefficient (Wildman–Crippen LogP) is 2.59. The number of ketones is 1. The van der Waals surface area contributed by atoms with E-state index < -0.39 is 17.3 Å². The molecule has 0 aliphatic carbocycles. The van der Waals surface area contributed by atoms with Gasteiger partial charge >= 0.3 is 5.97 Å². The molecule has 0 saturated heterocycles. The summed E-state index contributed by atoms with van der Waals surface area (Å²) in [5.41, 5.74) is 2.10. The maximum atomic E-state index is 12.7. The van der Waals surface area contributed by atoms with Gasteiger partial charge < -0.3 is 30.0 Å². The van der Waals surface area contributed by atoms with E-state index in [0.29, 0.717) is 22.6 Å². The van der Waals surface area contributed by atoms with E-state index in [9.17, 15) is 14.7 Å². The Kier molecular flexibility index (Phi) is 5.42. The molecule has 0 unspecified atom stereocenters. The number of aliphatic carboxylic acids is 1. The number of ether oxygens (including phenoxy) is 2. The van der Waals surface area contributed by atoms with Gasteiger partial charge in [-0.25, -0.2) is 9.78 Å². The maximum absolute atomic E-state index is 12.7. The van der Waals surface area contributed by atoms with Gasteiger partial charge in [0.25, 0.3) is 0 Å². The Labute approximate surface area is 176 Å². The standard InChI is InChI=1S/C22H19N3O6/c1-12-9-14(30-8-7-26)4-5-16(12)25-21-18(22(28)29)19(27)17(31-21)10-13-11-24-20-15(13)3-2-6-23-20/h2-6,9-11,25-26H,7-8H2,1H3,(H,23,24)(H,28,29). The van der Waals surface area contributed by atoms with Crippen molar-refractivity contribution in [3.63, 3.8) is 0 Å². The van der Waals surface area contributed by atoms with Crippen molar-refractivity contribution in [2.24, 2.45) is 0 Å². The highest BCUT2D eigenvalue weighted by Gasteiger charge is 2.36. The summed E-state index contributed by atoms with van der Waals surface area (Å²) in [5.74, 6) is -1.83. The van der Waals surface area contributed by atoms with Crippen molar-refractivity contribution < 1.29 is 29.3 Å². The largest absolute Gasteiger partial charge is 0.491 e. The molecule has 2 aromatic heterocycles. The molecule has 31 heavy (non-hydrogen) atoms. The monoisotopic (exact) mass is 421 g/mol. The number of carbonyl (C=O) groups excluding carboxylic acids is 1. The molecule has 0 amide bonds. The fourth-order valence-electron chi connectivity index (χ4n) is 3.20. The number of carboxylic acid groups (broad SMARTS) is 1. The SMILES string of the molecule is Cc1cc(OCCO)ccc1NC1=C(C(=O)O)C(=O)C(=Cc2c[nH]c3ncccc23)O1. The van der Waals surface area contributed by atoms with Crippen molar-refractivity contribution in [2.45, 2.75) is 6.92 Å². The fraction of sp³-hybridized carbons (Fsp3) is 0.136. The summed E-state index contributed by atoms with van der Waals surface area (Å²) in [6.07, 6.45) is 4.79. The second-order valence-electron chi connectivity index (χ2n) is 6.77. The molecule has 0 saturated carbocycles. The smallest absolute Gasteiger partial charge is 0.345 e. The summed E-state index contributed by atoms with van der Waals surface area (Å²) in [6, 6.07) is 8.67. The van der Waals surface area contributed by atoms with E-state index in [0.717, 1.165) is 10.9 Å². The molecule has 3 heterocycles. The molecule has 0 atom stereocenters. The van der Waals surface area contributed by atoms with Gasteiger partial charge in [0.2, 0.25) is 11.7 Å². The Hall–Kier alpha value is -4.11. The highest BCUT2D eigenvalue weighted by Crippen LogP contribution is 2.31. The zero-order valence-electron chi connectivity index (χ0n) is 16.5. The van der Waals surface area contributed by atoms with Gasteiger partial charge in [-0.05, 0) is 48.9 Å². The van der Waals surface area contributed by atoms with Crippen molar-refractivity contribution in [1.82, 2.24) is 9.97 Å². The molecule has 4 rings (SSSR count). The number of hydrogen-bond donors (Lipinski definition) is 4. The number of rotatable bonds is 7. The van der Waals surface area contributed by atoms with Crippen LogP contribution in [-0.2, 0) is 14.3 Å². The maximum Gasteiger partial charge on any atom is 0.345 e. The topological polar surface area (TPSA) is 134 Å². The van der Waals surface area contributed by atoms with Gasteiger partial charge in [-0.15, -0.1) is 0 Å². The molecule has 9 nitrogen and oxygen atoms in total. The lowest BCUT2D eigenvalue weighted by molar-refractivity contribution is -0.134. The predicted molar refractivity (Wildman–Crippen MR) is 112 cm³/mol. The second-order valence-corrected chi connectivity index (χ2v) is 6.77. The molecule has 1 aliphatic rings. The Morgan fingerprint density at radius 3 is 2.94 bits per heavy atom. The number of fused-ring (bicyclic) bond motifs is 1. The Balaban J connectivity index is 1.63. The first-order chi connectivity index (χ1) is 15.0. The normalized spacial score (nSPS) is 14.9. The summed E-state index contributed by atoms with van der Waals surface area (Å²) in [4.78, 5) is 31.7. The third-order valence-electron chi connectivity index (χ3n) is 4.68. The van der Waals surface area contributed by atoms with Crippen LogP contribution in [0.3, 0.4) is 0 Å². The number of carbonyl (C=O) groups is 2. The molecule has 0 fully saturated rings. The molecule has 3 aromatic rings. The van der Waals surface area contributed by atoms with Crippen LogP contribution in [0.2, 0.25) is 0 Å². The number of aryl methyl sites for hydroxylation is 1. The molecule has 1 aromatic carbocycles. The van der Waals surface area contributed by atoms with Crippen LogP contribution >= 0.6 is 0 Å². The van der Waals surface area contributed by atoms with Crippen molar-refractivity contribution in [3.05, 3.63) is 71.1 Å². The highest BCUT2D eigenvalue weighted by molar-refractivity contribution is 6.26. The lowest BCUT2D eigenvalue weighted by Crippen LogP contribution is -2.12. The first-order valence-corrected chi connectivity index (χ1v) is 9.43. The minimum absolute atomic E-state index is 0.106. The Morgan fingerprint density at radius 2 is 2.19 bits per heavy atom. The lowest BCUT2D eigenvalue weighted by Gasteiger charge is -2.12. The van der Waals surface area contributed by atoms with Gasteiger partial charge in [-0.1, -0.05) is 0 Å². The molecular weight excluding hydrogens is 402 g/mol. The van der Waals surface area contributed by atoms with E-state index in [1.165, 1.54) is 6.08 Å². The van der Waals surface area contributed by atoms with E-state index in [2.05, 4.69) is 15.3 Å². The quantitative estimate of drug-likeness (QED) is 0.338. The third kappa shape index (κ3) is 3.99. The Bertz CT molecular complexity index is 1240. The number of H-pyrrole nitrogens is 1. The Morgan fingerprint density at radius 1 is 1.35 bits per heavy atom. The van der Waals surface area contributed by atoms with Gasteiger partial charge in [-0.3, -0.25) is 4.79 Å². The molecule has 1 aliphatic heterocycles. The number of aromatic amines is 1. The lowest BCUT2D eigenvalue weighted by atomic mass is 10.1. The fourth-order valence-corrected chi connectivity index (χ4v) is 3.20. The molecular formula is C22H19N3O6. The van der Waals surface area contributed by atoms with Crippen molar-refractivity contribution in [1.29, 1.82) is 0 Å². The highest BCUT2D eigenvalue weighted by atomic mass is 16.5. The first kappa shape index (κ1) is 20.2. The van der Waals surface area contributed by atoms with Crippen LogP contribution in [-0.4, -0.2) is 45.1 Å². The van der Waals surface area contributed by atoms with E-state index in [1.807, 2.05) is 6.07 Å². The molecule has 0 radical (unpaired) electrons. The minimum Gasteiger partial charge on any atom is -0.491 e. The molecule has 0 bridgehead atoms. The van der Waals surface area contributed by atoms with Crippen molar-refractivity contribution in [3.8, 4) is 5.75 Å². The number of allylic oxidation sites excluding steroid dienone is 1. The number of aliphatic hydroxyl groups excluding tert-OH is 1. The van der Waals surface area contributed by atoms with Gasteiger partial charge in [0.05, 0.1) is 6.61 Å². The van der Waals surface area contributed by atoms with E-state index in [4.69, 9.17) is 14.6 Å². The molecule has 4 N–H and O–H groups in total. The first-order valence-electron chi connectivity index (χ1n) is 9.43.